The molecule has 2 aliphatic heterocycles. The minimum absolute atomic E-state index is 0.217. The minimum atomic E-state index is -4.20. The highest BCUT2D eigenvalue weighted by Gasteiger charge is 2.41. The summed E-state index contributed by atoms with van der Waals surface area (Å²) in [6.07, 6.45) is -2.62. The molecule has 166 valence electrons. The summed E-state index contributed by atoms with van der Waals surface area (Å²) in [6.45, 7) is 4.98. The number of likely N-dealkylation sites (tertiary alicyclic amines) is 1. The number of piperazine rings is 1. The molecule has 0 aromatic heterocycles. The van der Waals surface area contributed by atoms with Crippen LogP contribution >= 0.6 is 0 Å². The number of rotatable bonds is 5. The third-order valence-corrected chi connectivity index (χ3v) is 5.87. The van der Waals surface area contributed by atoms with Crippen LogP contribution in [0.2, 0.25) is 0 Å². The number of hydrogen-bond acceptors (Lipinski definition) is 3. The molecule has 1 N–H and O–H groups in total. The number of benzene rings is 1. The zero-order valence-electron chi connectivity index (χ0n) is 17.6. The van der Waals surface area contributed by atoms with E-state index in [0.717, 1.165) is 24.1 Å². The fraction of sp³-hybridized carbons (Fsp3) is 0.619. The van der Waals surface area contributed by atoms with Crippen LogP contribution in [0.3, 0.4) is 0 Å². The molecule has 0 radical (unpaired) electrons. The topological polar surface area (TPSA) is 51.2 Å². The molecule has 9 heteroatoms. The van der Waals surface area contributed by atoms with E-state index < -0.39 is 12.2 Å². The van der Waals surface area contributed by atoms with Crippen molar-refractivity contribution in [2.75, 3.05) is 39.8 Å². The highest BCUT2D eigenvalue weighted by Crippen LogP contribution is 2.25. The lowest BCUT2D eigenvalue weighted by Gasteiger charge is -2.39. The Bertz CT molecular complexity index is 742. The Morgan fingerprint density at radius 1 is 1.10 bits per heavy atom. The second-order valence-electron chi connectivity index (χ2n) is 7.88. The van der Waals surface area contributed by atoms with Crippen LogP contribution < -0.4 is 5.32 Å². The van der Waals surface area contributed by atoms with Crippen molar-refractivity contribution in [2.24, 2.45) is 4.99 Å². The van der Waals surface area contributed by atoms with Crippen molar-refractivity contribution in [1.29, 1.82) is 0 Å². The molecule has 1 aromatic carbocycles. The van der Waals surface area contributed by atoms with Crippen LogP contribution in [-0.4, -0.2) is 78.6 Å². The van der Waals surface area contributed by atoms with Crippen LogP contribution in [0.4, 0.5) is 13.2 Å². The van der Waals surface area contributed by atoms with Crippen LogP contribution in [0.5, 0.6) is 0 Å². The first-order valence-electron chi connectivity index (χ1n) is 10.4. The fourth-order valence-corrected chi connectivity index (χ4v) is 3.90. The summed E-state index contributed by atoms with van der Waals surface area (Å²) in [6, 6.07) is 6.69. The molecule has 30 heavy (non-hydrogen) atoms. The number of carbonyl (C=O) groups excluding carboxylic acids is 1. The largest absolute Gasteiger partial charge is 0.403 e. The van der Waals surface area contributed by atoms with E-state index in [0.29, 0.717) is 51.6 Å². The number of carbonyl (C=O) groups is 1. The Morgan fingerprint density at radius 3 is 2.27 bits per heavy atom. The number of halogens is 3. The smallest absolute Gasteiger partial charge is 0.352 e. The predicted octanol–water partition coefficient (Wildman–Crippen LogP) is 2.45. The predicted molar refractivity (Wildman–Crippen MR) is 110 cm³/mol. The second kappa shape index (κ2) is 9.68. The number of hydrogen-bond donors (Lipinski definition) is 1. The van der Waals surface area contributed by atoms with Gasteiger partial charge in [-0.1, -0.05) is 24.3 Å². The first-order valence-corrected chi connectivity index (χ1v) is 10.4. The number of guanidine groups is 1. The molecule has 6 nitrogen and oxygen atoms in total. The first-order chi connectivity index (χ1) is 14.3. The van der Waals surface area contributed by atoms with Gasteiger partial charge in [0.2, 0.25) is 5.91 Å². The maximum atomic E-state index is 12.9. The molecule has 0 saturated carbocycles. The van der Waals surface area contributed by atoms with Crippen molar-refractivity contribution in [3.63, 3.8) is 0 Å². The van der Waals surface area contributed by atoms with E-state index in [9.17, 15) is 18.0 Å². The highest BCUT2D eigenvalue weighted by atomic mass is 19.4. The van der Waals surface area contributed by atoms with Crippen LogP contribution in [0.15, 0.2) is 29.3 Å². The van der Waals surface area contributed by atoms with Gasteiger partial charge in [0.05, 0.1) is 0 Å². The average molecular weight is 425 g/mol. The van der Waals surface area contributed by atoms with Gasteiger partial charge in [-0.3, -0.25) is 14.7 Å². The van der Waals surface area contributed by atoms with Gasteiger partial charge < -0.3 is 15.1 Å². The van der Waals surface area contributed by atoms with Gasteiger partial charge in [-0.15, -0.1) is 0 Å². The number of aliphatic imine (C=N–C) groups is 1. The van der Waals surface area contributed by atoms with Gasteiger partial charge >= 0.3 is 6.18 Å². The maximum absolute atomic E-state index is 12.9. The standard InChI is InChI=1S/C21H30F3N5O/c1-16(21(22,23)24)27-10-12-28(13-11-27)20(25-2)26-14-17-5-7-18(8-6-17)15-29-9-3-4-19(29)30/h5-8,16H,3-4,9-15H2,1-2H3,(H,25,26). The van der Waals surface area contributed by atoms with Gasteiger partial charge in [-0.2, -0.15) is 13.2 Å². The van der Waals surface area contributed by atoms with Crippen LogP contribution in [0.1, 0.15) is 30.9 Å². The number of amides is 1. The van der Waals surface area contributed by atoms with Crippen LogP contribution in [0, 0.1) is 0 Å². The molecule has 1 atom stereocenters. The molecule has 1 amide bonds. The van der Waals surface area contributed by atoms with Gasteiger partial charge in [-0.25, -0.2) is 0 Å². The molecule has 1 aromatic rings. The van der Waals surface area contributed by atoms with Crippen LogP contribution in [-0.2, 0) is 17.9 Å². The van der Waals surface area contributed by atoms with Gasteiger partial charge in [-0.05, 0) is 24.5 Å². The summed E-state index contributed by atoms with van der Waals surface area (Å²) < 4.78 is 38.7. The Balaban J connectivity index is 1.47. The fourth-order valence-electron chi connectivity index (χ4n) is 3.90. The van der Waals surface area contributed by atoms with E-state index in [1.54, 1.807) is 7.05 Å². The molecule has 2 heterocycles. The van der Waals surface area contributed by atoms with E-state index >= 15 is 0 Å². The molecule has 0 aliphatic carbocycles. The summed E-state index contributed by atoms with van der Waals surface area (Å²) in [4.78, 5) is 21.4. The molecule has 2 saturated heterocycles. The normalized spacial score (nSPS) is 20.0. The van der Waals surface area contributed by atoms with Crippen molar-refractivity contribution in [3.05, 3.63) is 35.4 Å². The quantitative estimate of drug-likeness (QED) is 0.582. The summed E-state index contributed by atoms with van der Waals surface area (Å²) in [5.41, 5.74) is 2.19. The molecular formula is C21H30F3N5O. The van der Waals surface area contributed by atoms with Gasteiger partial charge in [0.1, 0.15) is 6.04 Å². The van der Waals surface area contributed by atoms with E-state index in [2.05, 4.69) is 10.3 Å². The SMILES string of the molecule is CN=C(NCc1ccc(CN2CCCC2=O)cc1)N1CCN(C(C)C(F)(F)F)CC1. The van der Waals surface area contributed by atoms with E-state index in [4.69, 9.17) is 0 Å². The molecule has 2 fully saturated rings. The van der Waals surface area contributed by atoms with E-state index in [-0.39, 0.29) is 5.91 Å². The van der Waals surface area contributed by atoms with Crippen LogP contribution in [0.25, 0.3) is 0 Å². The lowest BCUT2D eigenvalue weighted by molar-refractivity contribution is -0.181. The Morgan fingerprint density at radius 2 is 1.73 bits per heavy atom. The number of alkyl halides is 3. The minimum Gasteiger partial charge on any atom is -0.352 e. The molecule has 0 bridgehead atoms. The van der Waals surface area contributed by atoms with Crippen molar-refractivity contribution >= 4 is 11.9 Å². The summed E-state index contributed by atoms with van der Waals surface area (Å²) in [5.74, 6) is 0.912. The monoisotopic (exact) mass is 425 g/mol. The lowest BCUT2D eigenvalue weighted by atomic mass is 10.1. The van der Waals surface area contributed by atoms with E-state index in [1.165, 1.54) is 11.8 Å². The third kappa shape index (κ3) is 5.65. The van der Waals surface area contributed by atoms with Crippen molar-refractivity contribution in [2.45, 2.75) is 45.1 Å². The Kier molecular flexibility index (Phi) is 7.23. The first kappa shape index (κ1) is 22.4. The summed E-state index contributed by atoms with van der Waals surface area (Å²) in [5, 5.41) is 3.30. The Hall–Kier alpha value is -2.29. The van der Waals surface area contributed by atoms with Crippen molar-refractivity contribution in [1.82, 2.24) is 20.0 Å². The summed E-state index contributed by atoms with van der Waals surface area (Å²) >= 11 is 0. The molecule has 0 spiro atoms. The molecule has 3 rings (SSSR count). The zero-order valence-corrected chi connectivity index (χ0v) is 17.6. The highest BCUT2D eigenvalue weighted by molar-refractivity contribution is 5.80. The molecule has 2 aliphatic rings. The number of nitrogens with one attached hydrogen (secondary N) is 1. The second-order valence-corrected chi connectivity index (χ2v) is 7.88. The number of nitrogens with zero attached hydrogens (tertiary/aromatic N) is 4. The van der Waals surface area contributed by atoms with E-state index in [1.807, 2.05) is 34.1 Å². The van der Waals surface area contributed by atoms with Crippen molar-refractivity contribution in [3.8, 4) is 0 Å². The third-order valence-electron chi connectivity index (χ3n) is 5.87. The molecular weight excluding hydrogens is 395 g/mol. The average Bonchev–Trinajstić information content (AvgIpc) is 3.13. The maximum Gasteiger partial charge on any atom is 0.403 e. The summed E-state index contributed by atoms with van der Waals surface area (Å²) in [7, 11) is 1.68. The lowest BCUT2D eigenvalue weighted by Crippen LogP contribution is -2.56. The van der Waals surface area contributed by atoms with Gasteiger partial charge in [0.15, 0.2) is 5.96 Å². The molecule has 1 unspecified atom stereocenters. The van der Waals surface area contributed by atoms with Gasteiger partial charge in [0, 0.05) is 59.3 Å². The Labute approximate surface area is 175 Å². The zero-order chi connectivity index (χ0) is 21.7. The van der Waals surface area contributed by atoms with Gasteiger partial charge in [0.25, 0.3) is 0 Å². The van der Waals surface area contributed by atoms with Crippen molar-refractivity contribution < 1.29 is 18.0 Å².